The van der Waals surface area contributed by atoms with E-state index in [1.54, 1.807) is 12.2 Å². The Morgan fingerprint density at radius 3 is 2.59 bits per heavy atom. The molecule has 0 bridgehead atoms. The quantitative estimate of drug-likeness (QED) is 0.363. The third-order valence-electron chi connectivity index (χ3n) is 11.6. The number of cyclic esters (lactones) is 1. The highest BCUT2D eigenvalue weighted by Gasteiger charge is 2.82. The second-order valence-electron chi connectivity index (χ2n) is 12.8. The fraction of sp³-hybridized carbons (Fsp3) is 0.724. The van der Waals surface area contributed by atoms with E-state index in [4.69, 9.17) is 9.47 Å². The van der Waals surface area contributed by atoms with Gasteiger partial charge in [0.15, 0.2) is 5.78 Å². The van der Waals surface area contributed by atoms with Crippen LogP contribution in [0, 0.1) is 34.0 Å². The molecule has 6 rings (SSSR count). The Morgan fingerprint density at radius 2 is 1.88 bits per heavy atom. The molecule has 4 aliphatic carbocycles. The molecule has 1 N–H and O–H groups in total. The average Bonchev–Trinajstić information content (AvgIpc) is 3.39. The monoisotopic (exact) mass is 466 g/mol. The van der Waals surface area contributed by atoms with Crippen molar-refractivity contribution in [2.45, 2.75) is 97.6 Å². The van der Waals surface area contributed by atoms with Crippen molar-refractivity contribution in [2.24, 2.45) is 34.0 Å². The highest BCUT2D eigenvalue weighted by molar-refractivity contribution is 5.98. The van der Waals surface area contributed by atoms with E-state index in [1.807, 2.05) is 13.8 Å². The number of carbonyl (C=O) groups is 2. The first-order chi connectivity index (χ1) is 15.9. The molecule has 0 aromatic heterocycles. The number of ether oxygens (including phenoxy) is 2. The van der Waals surface area contributed by atoms with Crippen LogP contribution in [-0.2, 0) is 19.1 Å². The molecule has 0 radical (unpaired) electrons. The lowest BCUT2D eigenvalue weighted by molar-refractivity contribution is -0.164. The SMILES string of the molecule is CC1=C(C)C(=O)O[C@@H]([C@@H](C)C2=CC[C@H]3[C@@]4(C)C[C@H]5O[C@]56[C@@H](O)C=CC(=O)[C@]6(C)[C@H]4CC[C@]23C)C1. The number of hydrogen-bond acceptors (Lipinski definition) is 5. The molecule has 1 saturated heterocycles. The van der Waals surface area contributed by atoms with E-state index in [2.05, 4.69) is 33.8 Å². The molecule has 3 fully saturated rings. The van der Waals surface area contributed by atoms with E-state index in [0.29, 0.717) is 5.92 Å². The van der Waals surface area contributed by atoms with Crippen LogP contribution in [-0.4, -0.2) is 40.8 Å². The fourth-order valence-corrected chi connectivity index (χ4v) is 9.54. The number of aliphatic hydroxyl groups excluding tert-OH is 1. The van der Waals surface area contributed by atoms with Gasteiger partial charge in [0, 0.05) is 17.9 Å². The first-order valence-electron chi connectivity index (χ1n) is 13.1. The summed E-state index contributed by atoms with van der Waals surface area (Å²) < 4.78 is 12.2. The standard InChI is InChI=1S/C29H38O5/c1-15-13-19(33-25(32)16(15)2)17(3)18-7-8-20-26(18,4)12-11-21-27(20,5)14-24-29(34-24)23(31)10-9-22(30)28(21,29)6/h7,9-10,17,19-21,23-24,31H,8,11-14H2,1-6H3/t17-,19+,20+,21-,23-,24+,26+,27+,28-,29+/m0/s1. The van der Waals surface area contributed by atoms with Gasteiger partial charge in [0.25, 0.3) is 0 Å². The number of ketones is 1. The predicted molar refractivity (Wildman–Crippen MR) is 128 cm³/mol. The van der Waals surface area contributed by atoms with Crippen LogP contribution in [0.2, 0.25) is 0 Å². The summed E-state index contributed by atoms with van der Waals surface area (Å²) in [5.41, 5.74) is 1.84. The van der Waals surface area contributed by atoms with Gasteiger partial charge in [-0.2, -0.15) is 0 Å². The highest BCUT2D eigenvalue weighted by Crippen LogP contribution is 2.76. The van der Waals surface area contributed by atoms with Crippen LogP contribution in [0.25, 0.3) is 0 Å². The van der Waals surface area contributed by atoms with Crippen LogP contribution < -0.4 is 0 Å². The van der Waals surface area contributed by atoms with Crippen LogP contribution in [0.4, 0.5) is 0 Å². The molecular formula is C29H38O5. The van der Waals surface area contributed by atoms with Crippen molar-refractivity contribution in [1.82, 2.24) is 0 Å². The van der Waals surface area contributed by atoms with Gasteiger partial charge in [0.1, 0.15) is 17.8 Å². The van der Waals surface area contributed by atoms with Gasteiger partial charge in [-0.3, -0.25) is 4.79 Å². The van der Waals surface area contributed by atoms with Gasteiger partial charge in [-0.1, -0.05) is 38.0 Å². The molecule has 0 unspecified atom stereocenters. The molecule has 5 heteroatoms. The van der Waals surface area contributed by atoms with Gasteiger partial charge in [-0.05, 0) is 81.3 Å². The number of rotatable bonds is 2. The lowest BCUT2D eigenvalue weighted by Gasteiger charge is -2.63. The van der Waals surface area contributed by atoms with E-state index in [9.17, 15) is 14.7 Å². The second-order valence-corrected chi connectivity index (χ2v) is 12.8. The number of carbonyl (C=O) groups excluding carboxylic acids is 2. The summed E-state index contributed by atoms with van der Waals surface area (Å²) in [5.74, 6) is 0.683. The normalized spacial score (nSPS) is 52.2. The van der Waals surface area contributed by atoms with Crippen LogP contribution in [0.1, 0.15) is 73.6 Å². The topological polar surface area (TPSA) is 76.1 Å². The number of hydrogen-bond donors (Lipinski definition) is 1. The van der Waals surface area contributed by atoms with Crippen molar-refractivity contribution < 1.29 is 24.2 Å². The minimum atomic E-state index is -0.739. The zero-order valence-corrected chi connectivity index (χ0v) is 21.3. The van der Waals surface area contributed by atoms with Crippen molar-refractivity contribution in [2.75, 3.05) is 0 Å². The Hall–Kier alpha value is -1.72. The molecule has 2 saturated carbocycles. The zero-order valence-electron chi connectivity index (χ0n) is 21.3. The summed E-state index contributed by atoms with van der Waals surface area (Å²) in [4.78, 5) is 25.9. The summed E-state index contributed by atoms with van der Waals surface area (Å²) >= 11 is 0. The van der Waals surface area contributed by atoms with Crippen LogP contribution in [0.3, 0.4) is 0 Å². The molecule has 5 nitrogen and oxygen atoms in total. The zero-order chi connectivity index (χ0) is 24.4. The Morgan fingerprint density at radius 1 is 1.15 bits per heavy atom. The fourth-order valence-electron chi connectivity index (χ4n) is 9.54. The van der Waals surface area contributed by atoms with Crippen LogP contribution in [0.15, 0.2) is 34.9 Å². The molecule has 6 aliphatic rings. The van der Waals surface area contributed by atoms with Gasteiger partial charge in [-0.25, -0.2) is 4.79 Å². The number of allylic oxidation sites excluding steroid dienone is 2. The van der Waals surface area contributed by atoms with Crippen molar-refractivity contribution in [1.29, 1.82) is 0 Å². The third-order valence-corrected chi connectivity index (χ3v) is 11.6. The van der Waals surface area contributed by atoms with Gasteiger partial charge < -0.3 is 14.6 Å². The Bertz CT molecular complexity index is 1080. The third kappa shape index (κ3) is 2.43. The summed E-state index contributed by atoms with van der Waals surface area (Å²) in [6, 6.07) is 0. The molecule has 0 amide bonds. The molecule has 1 spiro atoms. The first kappa shape index (κ1) is 22.7. The molecule has 34 heavy (non-hydrogen) atoms. The maximum Gasteiger partial charge on any atom is 0.333 e. The van der Waals surface area contributed by atoms with E-state index in [1.165, 1.54) is 5.57 Å². The van der Waals surface area contributed by atoms with Crippen molar-refractivity contribution in [3.8, 4) is 0 Å². The number of epoxide rings is 1. The molecule has 0 aromatic rings. The summed E-state index contributed by atoms with van der Waals surface area (Å²) in [7, 11) is 0. The van der Waals surface area contributed by atoms with Gasteiger partial charge in [0.05, 0.1) is 11.5 Å². The van der Waals surface area contributed by atoms with Crippen molar-refractivity contribution in [3.05, 3.63) is 34.9 Å². The molecule has 184 valence electrons. The summed E-state index contributed by atoms with van der Waals surface area (Å²) in [5, 5.41) is 10.9. The Labute approximate surface area is 202 Å². The predicted octanol–water partition coefficient (Wildman–Crippen LogP) is 4.69. The number of fused-ring (bicyclic) bond motifs is 4. The maximum absolute atomic E-state index is 13.4. The van der Waals surface area contributed by atoms with E-state index < -0.39 is 17.1 Å². The van der Waals surface area contributed by atoms with Gasteiger partial charge in [-0.15, -0.1) is 0 Å². The molecule has 0 aromatic carbocycles. The van der Waals surface area contributed by atoms with E-state index in [0.717, 1.165) is 43.3 Å². The second kappa shape index (κ2) is 6.73. The highest BCUT2D eigenvalue weighted by atomic mass is 16.6. The largest absolute Gasteiger partial charge is 0.458 e. The number of esters is 1. The minimum Gasteiger partial charge on any atom is -0.458 e. The molecule has 2 aliphatic heterocycles. The molecular weight excluding hydrogens is 428 g/mol. The maximum atomic E-state index is 13.4. The first-order valence-corrected chi connectivity index (χ1v) is 13.1. The lowest BCUT2D eigenvalue weighted by Crippen LogP contribution is -2.66. The Kier molecular flexibility index (Phi) is 4.50. The lowest BCUT2D eigenvalue weighted by atomic mass is 9.39. The van der Waals surface area contributed by atoms with E-state index >= 15 is 0 Å². The van der Waals surface area contributed by atoms with E-state index in [-0.39, 0.29) is 46.6 Å². The summed E-state index contributed by atoms with van der Waals surface area (Å²) in [6.45, 7) is 13.0. The van der Waals surface area contributed by atoms with Crippen LogP contribution in [0.5, 0.6) is 0 Å². The minimum absolute atomic E-state index is 0.0125. The van der Waals surface area contributed by atoms with Gasteiger partial charge in [0.2, 0.25) is 0 Å². The molecule has 10 atom stereocenters. The van der Waals surface area contributed by atoms with Crippen molar-refractivity contribution in [3.63, 3.8) is 0 Å². The Balaban J connectivity index is 1.33. The number of aliphatic hydroxyl groups is 1. The smallest absolute Gasteiger partial charge is 0.333 e. The van der Waals surface area contributed by atoms with Crippen molar-refractivity contribution >= 4 is 11.8 Å². The van der Waals surface area contributed by atoms with Crippen LogP contribution >= 0.6 is 0 Å². The van der Waals surface area contributed by atoms with Gasteiger partial charge >= 0.3 is 5.97 Å². The summed E-state index contributed by atoms with van der Waals surface area (Å²) in [6.07, 6.45) is 9.39. The molecule has 2 heterocycles. The average molecular weight is 467 g/mol.